The lowest BCUT2D eigenvalue weighted by Gasteiger charge is -2.18. The molecule has 0 amide bonds. The van der Waals surface area contributed by atoms with Gasteiger partial charge in [0.05, 0.1) is 6.04 Å². The molecule has 0 aliphatic carbocycles. The first-order chi connectivity index (χ1) is 12.4. The highest BCUT2D eigenvalue weighted by Gasteiger charge is 2.19. The van der Waals surface area contributed by atoms with Gasteiger partial charge in [0, 0.05) is 29.4 Å². The summed E-state index contributed by atoms with van der Waals surface area (Å²) in [6.45, 7) is 0.582. The average molecular weight is 375 g/mol. The lowest BCUT2D eigenvalue weighted by Crippen LogP contribution is -2.20. The van der Waals surface area contributed by atoms with Crippen molar-refractivity contribution in [1.82, 2.24) is 0 Å². The summed E-state index contributed by atoms with van der Waals surface area (Å²) in [6, 6.07) is 14.6. The molecule has 6 nitrogen and oxygen atoms in total. The molecule has 1 unspecified atom stereocenters. The first kappa shape index (κ1) is 19.5. The van der Waals surface area contributed by atoms with Gasteiger partial charge in [0.1, 0.15) is 0 Å². The summed E-state index contributed by atoms with van der Waals surface area (Å²) in [4.78, 5) is 19.1. The van der Waals surface area contributed by atoms with Gasteiger partial charge in [-0.05, 0) is 41.3 Å². The van der Waals surface area contributed by atoms with E-state index in [1.807, 2.05) is 18.2 Å². The van der Waals surface area contributed by atoms with E-state index < -0.39 is 11.9 Å². The lowest BCUT2D eigenvalue weighted by atomic mass is 9.97. The zero-order valence-electron chi connectivity index (χ0n) is 13.9. The average Bonchev–Trinajstić information content (AvgIpc) is 2.76. The van der Waals surface area contributed by atoms with Crippen molar-refractivity contribution in [2.24, 2.45) is 5.73 Å². The number of halogens is 1. The summed E-state index contributed by atoms with van der Waals surface area (Å²) in [5, 5.41) is 19.9. The SMILES string of the molecule is NCC1Nc2ccc(Cl)cc2Cc2ccccc21.O=C(O)/C=C/C(=O)O. The molecule has 0 aromatic heterocycles. The van der Waals surface area contributed by atoms with Gasteiger partial charge in [-0.2, -0.15) is 0 Å². The molecular formula is C19H19ClN2O4. The number of anilines is 1. The number of rotatable bonds is 3. The van der Waals surface area contributed by atoms with Gasteiger partial charge in [-0.25, -0.2) is 9.59 Å². The highest BCUT2D eigenvalue weighted by Crippen LogP contribution is 2.32. The number of aliphatic carboxylic acids is 2. The maximum absolute atomic E-state index is 9.55. The van der Waals surface area contributed by atoms with Crippen molar-refractivity contribution in [1.29, 1.82) is 0 Å². The van der Waals surface area contributed by atoms with Crippen LogP contribution in [0.4, 0.5) is 5.69 Å². The summed E-state index contributed by atoms with van der Waals surface area (Å²) in [6.07, 6.45) is 2.01. The number of carbonyl (C=O) groups is 2. The Hall–Kier alpha value is -2.83. The van der Waals surface area contributed by atoms with E-state index in [1.165, 1.54) is 16.7 Å². The van der Waals surface area contributed by atoms with Gasteiger partial charge in [-0.1, -0.05) is 35.9 Å². The summed E-state index contributed by atoms with van der Waals surface area (Å²) in [7, 11) is 0. The number of nitrogens with one attached hydrogen (secondary N) is 1. The van der Waals surface area contributed by atoms with Crippen LogP contribution in [0, 0.1) is 0 Å². The van der Waals surface area contributed by atoms with Crippen molar-refractivity contribution >= 4 is 29.2 Å². The Balaban J connectivity index is 0.000000260. The van der Waals surface area contributed by atoms with Crippen LogP contribution in [0.2, 0.25) is 5.02 Å². The number of fused-ring (bicyclic) bond motifs is 2. The van der Waals surface area contributed by atoms with E-state index >= 15 is 0 Å². The smallest absolute Gasteiger partial charge is 0.328 e. The Morgan fingerprint density at radius 3 is 2.38 bits per heavy atom. The maximum Gasteiger partial charge on any atom is 0.328 e. The van der Waals surface area contributed by atoms with Crippen molar-refractivity contribution < 1.29 is 19.8 Å². The Labute approximate surface area is 155 Å². The van der Waals surface area contributed by atoms with Crippen molar-refractivity contribution in [2.75, 3.05) is 11.9 Å². The third-order valence-electron chi connectivity index (χ3n) is 3.81. The Bertz CT molecular complexity index is 820. The Morgan fingerprint density at radius 1 is 1.12 bits per heavy atom. The number of benzene rings is 2. The molecule has 5 N–H and O–H groups in total. The molecule has 0 fully saturated rings. The highest BCUT2D eigenvalue weighted by molar-refractivity contribution is 6.30. The standard InChI is InChI=1S/C15H15ClN2.C4H4O4/c16-12-5-6-14-11(8-12)7-10-3-1-2-4-13(10)15(9-17)18-14;5-3(6)1-2-4(7)8/h1-6,8,15,18H,7,9,17H2;1-2H,(H,5,6)(H,7,8)/b;2-1+. The van der Waals surface area contributed by atoms with Gasteiger partial charge in [0.2, 0.25) is 0 Å². The predicted molar refractivity (Wildman–Crippen MR) is 101 cm³/mol. The van der Waals surface area contributed by atoms with Crippen molar-refractivity contribution in [3.05, 3.63) is 76.3 Å². The van der Waals surface area contributed by atoms with E-state index in [9.17, 15) is 9.59 Å². The molecule has 1 atom stereocenters. The van der Waals surface area contributed by atoms with Crippen LogP contribution in [0.25, 0.3) is 0 Å². The van der Waals surface area contributed by atoms with Crippen LogP contribution < -0.4 is 11.1 Å². The molecule has 2 aromatic rings. The summed E-state index contributed by atoms with van der Waals surface area (Å²) >= 11 is 6.07. The van der Waals surface area contributed by atoms with Crippen LogP contribution in [-0.4, -0.2) is 28.7 Å². The fraction of sp³-hybridized carbons (Fsp3) is 0.158. The molecule has 0 saturated carbocycles. The lowest BCUT2D eigenvalue weighted by molar-refractivity contribution is -0.134. The number of carboxylic acid groups (broad SMARTS) is 2. The topological polar surface area (TPSA) is 113 Å². The van der Waals surface area contributed by atoms with Gasteiger partial charge < -0.3 is 21.3 Å². The third-order valence-corrected chi connectivity index (χ3v) is 4.05. The second-order valence-corrected chi connectivity index (χ2v) is 6.06. The first-order valence-electron chi connectivity index (χ1n) is 7.87. The molecule has 136 valence electrons. The molecular weight excluding hydrogens is 356 g/mol. The van der Waals surface area contributed by atoms with Gasteiger partial charge in [-0.3, -0.25) is 0 Å². The van der Waals surface area contributed by atoms with Crippen LogP contribution in [0.3, 0.4) is 0 Å². The molecule has 0 spiro atoms. The van der Waals surface area contributed by atoms with Gasteiger partial charge in [0.25, 0.3) is 0 Å². The van der Waals surface area contributed by atoms with Crippen molar-refractivity contribution in [2.45, 2.75) is 12.5 Å². The summed E-state index contributed by atoms with van der Waals surface area (Å²) in [5.41, 5.74) is 10.8. The normalized spacial score (nSPS) is 14.9. The molecule has 0 bridgehead atoms. The van der Waals surface area contributed by atoms with Crippen LogP contribution in [0.15, 0.2) is 54.6 Å². The zero-order chi connectivity index (χ0) is 19.1. The van der Waals surface area contributed by atoms with Crippen LogP contribution in [0.5, 0.6) is 0 Å². The molecule has 7 heteroatoms. The van der Waals surface area contributed by atoms with Gasteiger partial charge in [0.15, 0.2) is 0 Å². The van der Waals surface area contributed by atoms with Crippen LogP contribution >= 0.6 is 11.6 Å². The number of carboxylic acids is 2. The number of nitrogens with two attached hydrogens (primary N) is 1. The second kappa shape index (κ2) is 9.03. The first-order valence-corrected chi connectivity index (χ1v) is 8.25. The molecule has 26 heavy (non-hydrogen) atoms. The maximum atomic E-state index is 9.55. The number of hydrogen-bond donors (Lipinski definition) is 4. The minimum absolute atomic E-state index is 0.170. The van der Waals surface area contributed by atoms with E-state index in [0.717, 1.165) is 17.1 Å². The fourth-order valence-electron chi connectivity index (χ4n) is 2.68. The molecule has 0 saturated heterocycles. The van der Waals surface area contributed by atoms with Gasteiger partial charge >= 0.3 is 11.9 Å². The monoisotopic (exact) mass is 374 g/mol. The summed E-state index contributed by atoms with van der Waals surface area (Å²) < 4.78 is 0. The molecule has 3 rings (SSSR count). The number of hydrogen-bond acceptors (Lipinski definition) is 4. The third kappa shape index (κ3) is 5.34. The largest absolute Gasteiger partial charge is 0.478 e. The predicted octanol–water partition coefficient (Wildman–Crippen LogP) is 3.07. The summed E-state index contributed by atoms with van der Waals surface area (Å²) in [5.74, 6) is -2.51. The molecule has 0 radical (unpaired) electrons. The van der Waals surface area contributed by atoms with Gasteiger partial charge in [-0.15, -0.1) is 0 Å². The van der Waals surface area contributed by atoms with Crippen molar-refractivity contribution in [3.8, 4) is 0 Å². The minimum Gasteiger partial charge on any atom is -0.478 e. The Kier molecular flexibility index (Phi) is 6.77. The fourth-order valence-corrected chi connectivity index (χ4v) is 2.88. The molecule has 1 aliphatic rings. The van der Waals surface area contributed by atoms with E-state index in [0.29, 0.717) is 18.7 Å². The minimum atomic E-state index is -1.26. The molecule has 2 aromatic carbocycles. The van der Waals surface area contributed by atoms with E-state index in [4.69, 9.17) is 27.5 Å². The van der Waals surface area contributed by atoms with Crippen LogP contribution in [0.1, 0.15) is 22.7 Å². The zero-order valence-corrected chi connectivity index (χ0v) is 14.6. The molecule has 1 heterocycles. The van der Waals surface area contributed by atoms with Crippen molar-refractivity contribution in [3.63, 3.8) is 0 Å². The van der Waals surface area contributed by atoms with E-state index in [-0.39, 0.29) is 6.04 Å². The highest BCUT2D eigenvalue weighted by atomic mass is 35.5. The Morgan fingerprint density at radius 2 is 1.77 bits per heavy atom. The van der Waals surface area contributed by atoms with E-state index in [1.54, 1.807) is 0 Å². The van der Waals surface area contributed by atoms with E-state index in [2.05, 4.69) is 29.6 Å². The second-order valence-electron chi connectivity index (χ2n) is 5.62. The quantitative estimate of drug-likeness (QED) is 0.614. The van der Waals surface area contributed by atoms with Crippen LogP contribution in [-0.2, 0) is 16.0 Å². The molecule has 1 aliphatic heterocycles.